The van der Waals surface area contributed by atoms with Gasteiger partial charge in [-0.15, -0.1) is 12.4 Å². The van der Waals surface area contributed by atoms with Crippen LogP contribution in [0.4, 0.5) is 0 Å². The number of piperazine rings is 1. The highest BCUT2D eigenvalue weighted by atomic mass is 35.5. The fourth-order valence-electron chi connectivity index (χ4n) is 2.14. The van der Waals surface area contributed by atoms with Crippen LogP contribution in [0.1, 0.15) is 11.1 Å². The van der Waals surface area contributed by atoms with Gasteiger partial charge in [0.15, 0.2) is 0 Å². The number of rotatable bonds is 3. The van der Waals surface area contributed by atoms with Crippen LogP contribution in [0.25, 0.3) is 0 Å². The van der Waals surface area contributed by atoms with Gasteiger partial charge in [0.05, 0.1) is 19.1 Å². The van der Waals surface area contributed by atoms with Gasteiger partial charge >= 0.3 is 0 Å². The third kappa shape index (κ3) is 3.86. The molecule has 1 heterocycles. The highest BCUT2D eigenvalue weighted by Gasteiger charge is 2.16. The Kier molecular flexibility index (Phi) is 6.29. The first-order valence-corrected chi connectivity index (χ1v) is 6.30. The van der Waals surface area contributed by atoms with Crippen molar-refractivity contribution in [3.8, 4) is 11.8 Å². The van der Waals surface area contributed by atoms with Crippen molar-refractivity contribution in [3.63, 3.8) is 0 Å². The van der Waals surface area contributed by atoms with Gasteiger partial charge < -0.3 is 15.0 Å². The first kappa shape index (κ1) is 16.3. The second-order valence-corrected chi connectivity index (χ2v) is 4.45. The van der Waals surface area contributed by atoms with E-state index in [0.29, 0.717) is 17.7 Å². The van der Waals surface area contributed by atoms with Crippen LogP contribution < -0.4 is 10.1 Å². The van der Waals surface area contributed by atoms with E-state index in [-0.39, 0.29) is 18.3 Å². The molecule has 1 amide bonds. The number of benzene rings is 1. The van der Waals surface area contributed by atoms with Gasteiger partial charge in [-0.1, -0.05) is 6.07 Å². The van der Waals surface area contributed by atoms with Gasteiger partial charge in [0.1, 0.15) is 11.8 Å². The Labute approximate surface area is 124 Å². The van der Waals surface area contributed by atoms with E-state index < -0.39 is 0 Å². The molecule has 2 rings (SSSR count). The normalized spacial score (nSPS) is 14.1. The minimum absolute atomic E-state index is 0. The van der Waals surface area contributed by atoms with Gasteiger partial charge in [-0.2, -0.15) is 5.26 Å². The van der Waals surface area contributed by atoms with E-state index in [1.54, 1.807) is 18.2 Å². The van der Waals surface area contributed by atoms with Crippen LogP contribution in [0.3, 0.4) is 0 Å². The molecule has 0 saturated carbocycles. The molecule has 1 N–H and O–H groups in total. The van der Waals surface area contributed by atoms with Crippen molar-refractivity contribution in [1.82, 2.24) is 10.2 Å². The molecule has 6 heteroatoms. The molecular weight excluding hydrogens is 278 g/mol. The first-order valence-electron chi connectivity index (χ1n) is 6.30. The van der Waals surface area contributed by atoms with E-state index in [9.17, 15) is 4.79 Å². The van der Waals surface area contributed by atoms with E-state index >= 15 is 0 Å². The minimum atomic E-state index is 0. The number of nitrogens with one attached hydrogen (secondary N) is 1. The smallest absolute Gasteiger partial charge is 0.227 e. The highest BCUT2D eigenvalue weighted by Crippen LogP contribution is 2.19. The molecule has 20 heavy (non-hydrogen) atoms. The van der Waals surface area contributed by atoms with Crippen molar-refractivity contribution >= 4 is 18.3 Å². The number of amides is 1. The summed E-state index contributed by atoms with van der Waals surface area (Å²) in [6.45, 7) is 3.21. The van der Waals surface area contributed by atoms with Crippen molar-refractivity contribution < 1.29 is 9.53 Å². The number of methoxy groups -OCH3 is 1. The summed E-state index contributed by atoms with van der Waals surface area (Å²) in [4.78, 5) is 14.0. The molecule has 1 saturated heterocycles. The van der Waals surface area contributed by atoms with E-state index in [2.05, 4.69) is 11.4 Å². The zero-order valence-electron chi connectivity index (χ0n) is 11.4. The Morgan fingerprint density at radius 2 is 2.15 bits per heavy atom. The second kappa shape index (κ2) is 7.73. The number of nitrogens with zero attached hydrogens (tertiary/aromatic N) is 2. The fourth-order valence-corrected chi connectivity index (χ4v) is 2.14. The lowest BCUT2D eigenvalue weighted by Gasteiger charge is -2.27. The maximum absolute atomic E-state index is 12.1. The van der Waals surface area contributed by atoms with Crippen LogP contribution in [0.2, 0.25) is 0 Å². The molecule has 0 radical (unpaired) electrons. The van der Waals surface area contributed by atoms with Gasteiger partial charge in [0, 0.05) is 26.2 Å². The predicted octanol–water partition coefficient (Wildman–Crippen LogP) is 0.963. The molecule has 0 aliphatic carbocycles. The summed E-state index contributed by atoms with van der Waals surface area (Å²) in [7, 11) is 1.53. The van der Waals surface area contributed by atoms with Crippen LogP contribution in [0.5, 0.6) is 5.75 Å². The fraction of sp³-hybridized carbons (Fsp3) is 0.429. The number of ether oxygens (including phenoxy) is 1. The van der Waals surface area contributed by atoms with Crippen LogP contribution >= 0.6 is 12.4 Å². The molecule has 108 valence electrons. The quantitative estimate of drug-likeness (QED) is 0.902. The number of carbonyl (C=O) groups excluding carboxylic acids is 1. The Balaban J connectivity index is 0.00000200. The summed E-state index contributed by atoms with van der Waals surface area (Å²) in [6.07, 6.45) is 0.349. The van der Waals surface area contributed by atoms with Gasteiger partial charge in [0.2, 0.25) is 5.91 Å². The molecule has 1 aromatic rings. The lowest BCUT2D eigenvalue weighted by atomic mass is 10.1. The lowest BCUT2D eigenvalue weighted by molar-refractivity contribution is -0.131. The van der Waals surface area contributed by atoms with E-state index in [1.165, 1.54) is 7.11 Å². The SMILES string of the molecule is COc1cc(CC(=O)N2CCNCC2)ccc1C#N.Cl. The van der Waals surface area contributed by atoms with Gasteiger partial charge in [-0.05, 0) is 17.7 Å². The van der Waals surface area contributed by atoms with Crippen molar-refractivity contribution in [2.75, 3.05) is 33.3 Å². The van der Waals surface area contributed by atoms with E-state index in [0.717, 1.165) is 31.7 Å². The molecule has 1 aliphatic heterocycles. The standard InChI is InChI=1S/C14H17N3O2.ClH/c1-19-13-8-11(2-3-12(13)10-15)9-14(18)17-6-4-16-5-7-17;/h2-3,8,16H,4-7,9H2,1H3;1H. The molecule has 0 aromatic heterocycles. The van der Waals surface area contributed by atoms with Crippen LogP contribution in [-0.4, -0.2) is 44.1 Å². The third-order valence-corrected chi connectivity index (χ3v) is 3.21. The molecule has 0 spiro atoms. The zero-order chi connectivity index (χ0) is 13.7. The Morgan fingerprint density at radius 3 is 2.75 bits per heavy atom. The average Bonchev–Trinajstić information content (AvgIpc) is 2.48. The molecule has 1 fully saturated rings. The van der Waals surface area contributed by atoms with Crippen molar-refractivity contribution in [2.45, 2.75) is 6.42 Å². The summed E-state index contributed by atoms with van der Waals surface area (Å²) in [5, 5.41) is 12.1. The predicted molar refractivity (Wildman–Crippen MR) is 78.1 cm³/mol. The Morgan fingerprint density at radius 1 is 1.45 bits per heavy atom. The first-order chi connectivity index (χ1) is 9.24. The van der Waals surface area contributed by atoms with Gasteiger partial charge in [-0.25, -0.2) is 0 Å². The van der Waals surface area contributed by atoms with Crippen LogP contribution in [0, 0.1) is 11.3 Å². The summed E-state index contributed by atoms with van der Waals surface area (Å²) in [6, 6.07) is 7.32. The van der Waals surface area contributed by atoms with Gasteiger partial charge in [0.25, 0.3) is 0 Å². The Hall–Kier alpha value is -1.77. The molecule has 1 aromatic carbocycles. The molecule has 5 nitrogen and oxygen atoms in total. The van der Waals surface area contributed by atoms with E-state index in [1.807, 2.05) is 4.90 Å². The van der Waals surface area contributed by atoms with Crippen LogP contribution in [0.15, 0.2) is 18.2 Å². The van der Waals surface area contributed by atoms with Crippen molar-refractivity contribution in [1.29, 1.82) is 5.26 Å². The lowest BCUT2D eigenvalue weighted by Crippen LogP contribution is -2.46. The molecular formula is C14H18ClN3O2. The summed E-state index contributed by atoms with van der Waals surface area (Å²) >= 11 is 0. The number of halogens is 1. The maximum atomic E-state index is 12.1. The zero-order valence-corrected chi connectivity index (χ0v) is 12.2. The highest BCUT2D eigenvalue weighted by molar-refractivity contribution is 5.85. The van der Waals surface area contributed by atoms with Crippen LogP contribution in [-0.2, 0) is 11.2 Å². The number of hydrogen-bond acceptors (Lipinski definition) is 4. The molecule has 0 bridgehead atoms. The van der Waals surface area contributed by atoms with Gasteiger partial charge in [-0.3, -0.25) is 4.79 Å². The number of carbonyl (C=O) groups is 1. The summed E-state index contributed by atoms with van der Waals surface area (Å²) in [5.74, 6) is 0.640. The minimum Gasteiger partial charge on any atom is -0.495 e. The average molecular weight is 296 g/mol. The molecule has 0 atom stereocenters. The largest absolute Gasteiger partial charge is 0.495 e. The summed E-state index contributed by atoms with van der Waals surface area (Å²) in [5.41, 5.74) is 1.36. The number of hydrogen-bond donors (Lipinski definition) is 1. The maximum Gasteiger partial charge on any atom is 0.227 e. The number of nitriles is 1. The second-order valence-electron chi connectivity index (χ2n) is 4.45. The van der Waals surface area contributed by atoms with Crippen molar-refractivity contribution in [3.05, 3.63) is 29.3 Å². The topological polar surface area (TPSA) is 65.4 Å². The molecule has 0 unspecified atom stereocenters. The van der Waals surface area contributed by atoms with Crippen molar-refractivity contribution in [2.24, 2.45) is 0 Å². The van der Waals surface area contributed by atoms with E-state index in [4.69, 9.17) is 10.00 Å². The third-order valence-electron chi connectivity index (χ3n) is 3.21. The molecule has 1 aliphatic rings. The Bertz CT molecular complexity index is 508. The summed E-state index contributed by atoms with van der Waals surface area (Å²) < 4.78 is 5.15. The monoisotopic (exact) mass is 295 g/mol.